The van der Waals surface area contributed by atoms with Crippen molar-refractivity contribution >= 4 is 26.8 Å². The van der Waals surface area contributed by atoms with Gasteiger partial charge < -0.3 is 14.6 Å². The number of fused-ring (bicyclic) bond motifs is 1. The second kappa shape index (κ2) is 9.37. The van der Waals surface area contributed by atoms with E-state index in [4.69, 9.17) is 4.74 Å². The first kappa shape index (κ1) is 22.4. The van der Waals surface area contributed by atoms with Gasteiger partial charge in [0.2, 0.25) is 5.91 Å². The van der Waals surface area contributed by atoms with Gasteiger partial charge in [0.15, 0.2) is 21.4 Å². The molecule has 0 aliphatic rings. The van der Waals surface area contributed by atoms with Gasteiger partial charge in [0, 0.05) is 19.0 Å². The van der Waals surface area contributed by atoms with E-state index in [1.165, 1.54) is 18.3 Å². The summed E-state index contributed by atoms with van der Waals surface area (Å²) < 4.78 is 45.1. The van der Waals surface area contributed by atoms with E-state index in [-0.39, 0.29) is 36.3 Å². The molecule has 0 unspecified atom stereocenters. The van der Waals surface area contributed by atoms with Crippen molar-refractivity contribution in [2.45, 2.75) is 18.8 Å². The first-order valence-electron chi connectivity index (χ1n) is 10.0. The third-order valence-corrected chi connectivity index (χ3v) is 5.56. The normalized spacial score (nSPS) is 11.5. The van der Waals surface area contributed by atoms with Crippen molar-refractivity contribution in [3.05, 3.63) is 84.2 Å². The molecule has 0 bridgehead atoms. The van der Waals surface area contributed by atoms with E-state index in [9.17, 15) is 17.6 Å². The number of halogens is 1. The largest absolute Gasteiger partial charge is 0.453 e. The Morgan fingerprint density at radius 1 is 1.15 bits per heavy atom. The Kier molecular flexibility index (Phi) is 6.36. The second-order valence-electron chi connectivity index (χ2n) is 7.51. The van der Waals surface area contributed by atoms with Gasteiger partial charge in [-0.15, -0.1) is 0 Å². The zero-order valence-electron chi connectivity index (χ0n) is 17.7. The van der Waals surface area contributed by atoms with Crippen molar-refractivity contribution in [2.24, 2.45) is 0 Å². The maximum absolute atomic E-state index is 14.4. The Morgan fingerprint density at radius 3 is 2.70 bits per heavy atom. The first-order valence-corrected chi connectivity index (χ1v) is 12.1. The lowest BCUT2D eigenvalue weighted by atomic mass is 10.2. The highest BCUT2D eigenvalue weighted by Gasteiger charge is 2.17. The van der Waals surface area contributed by atoms with Crippen LogP contribution in [-0.2, 0) is 33.5 Å². The molecular formula is C23H21FN4O4S. The summed E-state index contributed by atoms with van der Waals surface area (Å²) in [7, 11) is -3.34. The van der Waals surface area contributed by atoms with E-state index in [1.54, 1.807) is 53.2 Å². The minimum atomic E-state index is -3.34. The zero-order valence-corrected chi connectivity index (χ0v) is 18.5. The molecule has 0 aliphatic heterocycles. The Morgan fingerprint density at radius 2 is 1.97 bits per heavy atom. The maximum Gasteiger partial charge on any atom is 0.240 e. The van der Waals surface area contributed by atoms with Gasteiger partial charge in [-0.1, -0.05) is 18.2 Å². The fourth-order valence-corrected chi connectivity index (χ4v) is 4.01. The number of benzene rings is 2. The third kappa shape index (κ3) is 5.72. The maximum atomic E-state index is 14.4. The Labute approximate surface area is 190 Å². The van der Waals surface area contributed by atoms with Gasteiger partial charge >= 0.3 is 0 Å². The predicted molar refractivity (Wildman–Crippen MR) is 121 cm³/mol. The first-order chi connectivity index (χ1) is 15.8. The number of nitrogens with one attached hydrogen (secondary N) is 1. The van der Waals surface area contributed by atoms with E-state index in [0.29, 0.717) is 22.3 Å². The van der Waals surface area contributed by atoms with Crippen LogP contribution < -0.4 is 10.1 Å². The predicted octanol–water partition coefficient (Wildman–Crippen LogP) is 3.22. The number of rotatable bonds is 8. The summed E-state index contributed by atoms with van der Waals surface area (Å²) in [6, 6.07) is 14.9. The molecule has 0 atom stereocenters. The quantitative estimate of drug-likeness (QED) is 0.426. The number of nitrogens with zero attached hydrogens (tertiary/aromatic N) is 3. The SMILES string of the molecule is CS(=O)(=O)Cc1nc2ccccc2n1CC(=O)NCc1ccc(Oc2cccnc2)c(F)c1. The summed E-state index contributed by atoms with van der Waals surface area (Å²) >= 11 is 0. The van der Waals surface area contributed by atoms with Gasteiger partial charge in [0.1, 0.15) is 23.9 Å². The summed E-state index contributed by atoms with van der Waals surface area (Å²) in [4.78, 5) is 20.9. The van der Waals surface area contributed by atoms with Crippen LogP contribution in [0.5, 0.6) is 11.5 Å². The van der Waals surface area contributed by atoms with Crippen LogP contribution in [0.4, 0.5) is 4.39 Å². The molecule has 10 heteroatoms. The molecule has 0 spiro atoms. The van der Waals surface area contributed by atoms with Crippen LogP contribution in [0.25, 0.3) is 11.0 Å². The highest BCUT2D eigenvalue weighted by atomic mass is 32.2. The minimum absolute atomic E-state index is 0.0494. The van der Waals surface area contributed by atoms with E-state index < -0.39 is 15.7 Å². The monoisotopic (exact) mass is 468 g/mol. The molecule has 0 radical (unpaired) electrons. The zero-order chi connectivity index (χ0) is 23.4. The van der Waals surface area contributed by atoms with Crippen LogP contribution in [0.2, 0.25) is 0 Å². The highest BCUT2D eigenvalue weighted by molar-refractivity contribution is 7.89. The molecule has 2 aromatic carbocycles. The van der Waals surface area contributed by atoms with Crippen molar-refractivity contribution in [2.75, 3.05) is 6.26 Å². The molecule has 0 aliphatic carbocycles. The van der Waals surface area contributed by atoms with Crippen LogP contribution in [0.3, 0.4) is 0 Å². The number of amides is 1. The lowest BCUT2D eigenvalue weighted by molar-refractivity contribution is -0.121. The molecule has 1 N–H and O–H groups in total. The molecule has 8 nitrogen and oxygen atoms in total. The number of carbonyl (C=O) groups is 1. The van der Waals surface area contributed by atoms with Crippen molar-refractivity contribution in [1.82, 2.24) is 19.9 Å². The highest BCUT2D eigenvalue weighted by Crippen LogP contribution is 2.24. The smallest absolute Gasteiger partial charge is 0.240 e. The summed E-state index contributed by atoms with van der Waals surface area (Å²) in [5.41, 5.74) is 1.82. The van der Waals surface area contributed by atoms with Gasteiger partial charge in [-0.25, -0.2) is 17.8 Å². The fourth-order valence-electron chi connectivity index (χ4n) is 3.32. The van der Waals surface area contributed by atoms with Crippen LogP contribution in [0.1, 0.15) is 11.4 Å². The summed E-state index contributed by atoms with van der Waals surface area (Å²) in [6.07, 6.45) is 4.18. The summed E-state index contributed by atoms with van der Waals surface area (Å²) in [6.45, 7) is -0.0208. The molecule has 4 rings (SSSR count). The molecule has 4 aromatic rings. The van der Waals surface area contributed by atoms with E-state index in [0.717, 1.165) is 6.26 Å². The van der Waals surface area contributed by atoms with Crippen molar-refractivity contribution < 1.29 is 22.3 Å². The third-order valence-electron chi connectivity index (χ3n) is 4.77. The molecule has 0 saturated heterocycles. The number of imidazole rings is 1. The molecule has 0 fully saturated rings. The molecule has 2 heterocycles. The number of hydrogen-bond acceptors (Lipinski definition) is 6. The number of pyridine rings is 1. The van der Waals surface area contributed by atoms with E-state index in [2.05, 4.69) is 15.3 Å². The van der Waals surface area contributed by atoms with Crippen molar-refractivity contribution in [3.63, 3.8) is 0 Å². The molecule has 1 amide bonds. The number of ether oxygens (including phenoxy) is 1. The molecular weight excluding hydrogens is 447 g/mol. The van der Waals surface area contributed by atoms with Crippen molar-refractivity contribution in [3.8, 4) is 11.5 Å². The number of aromatic nitrogens is 3. The molecule has 33 heavy (non-hydrogen) atoms. The molecule has 2 aromatic heterocycles. The second-order valence-corrected chi connectivity index (χ2v) is 9.65. The van der Waals surface area contributed by atoms with Gasteiger partial charge in [-0.3, -0.25) is 9.78 Å². The van der Waals surface area contributed by atoms with Crippen LogP contribution in [0, 0.1) is 5.82 Å². The van der Waals surface area contributed by atoms with Crippen LogP contribution in [0.15, 0.2) is 67.0 Å². The minimum Gasteiger partial charge on any atom is -0.453 e. The fraction of sp³-hybridized carbons (Fsp3) is 0.174. The lowest BCUT2D eigenvalue weighted by Crippen LogP contribution is -2.28. The van der Waals surface area contributed by atoms with E-state index >= 15 is 0 Å². The number of carbonyl (C=O) groups excluding carboxylic acids is 1. The average Bonchev–Trinajstić information content (AvgIpc) is 3.10. The van der Waals surface area contributed by atoms with Gasteiger partial charge in [0.25, 0.3) is 0 Å². The lowest BCUT2D eigenvalue weighted by Gasteiger charge is -2.11. The summed E-state index contributed by atoms with van der Waals surface area (Å²) in [5.74, 6) is -0.454. The standard InChI is InChI=1S/C23H21FN4O4S/c1-33(30,31)15-22-27-19-6-2-3-7-20(19)28(22)14-23(29)26-12-16-8-9-21(18(24)11-16)32-17-5-4-10-25-13-17/h2-11,13H,12,14-15H2,1H3,(H,26,29). The Hall–Kier alpha value is -3.79. The van der Waals surface area contributed by atoms with Crippen LogP contribution >= 0.6 is 0 Å². The number of sulfone groups is 1. The average molecular weight is 469 g/mol. The topological polar surface area (TPSA) is 103 Å². The Bertz CT molecular complexity index is 1400. The number of para-hydroxylation sites is 2. The van der Waals surface area contributed by atoms with Gasteiger partial charge in [-0.05, 0) is 42.0 Å². The van der Waals surface area contributed by atoms with Crippen molar-refractivity contribution in [1.29, 1.82) is 0 Å². The summed E-state index contributed by atoms with van der Waals surface area (Å²) in [5, 5.41) is 2.73. The Balaban J connectivity index is 1.44. The molecule has 170 valence electrons. The van der Waals surface area contributed by atoms with Gasteiger partial charge in [-0.2, -0.15) is 0 Å². The number of hydrogen-bond donors (Lipinski definition) is 1. The van der Waals surface area contributed by atoms with Crippen LogP contribution in [-0.4, -0.2) is 35.1 Å². The van der Waals surface area contributed by atoms with Gasteiger partial charge in [0.05, 0.1) is 17.2 Å². The van der Waals surface area contributed by atoms with E-state index in [1.807, 2.05) is 0 Å². The molecule has 0 saturated carbocycles.